The Labute approximate surface area is 126 Å². The fourth-order valence-corrected chi connectivity index (χ4v) is 3.61. The van der Waals surface area contributed by atoms with Crippen molar-refractivity contribution in [2.45, 2.75) is 78.3 Å². The molecule has 2 aliphatic rings. The van der Waals surface area contributed by atoms with Gasteiger partial charge in [-0.05, 0) is 75.9 Å². The van der Waals surface area contributed by atoms with E-state index >= 15 is 0 Å². The van der Waals surface area contributed by atoms with Gasteiger partial charge in [0.2, 0.25) is 0 Å². The maximum absolute atomic E-state index is 3.80. The van der Waals surface area contributed by atoms with Crippen LogP contribution in [0, 0.1) is 17.8 Å². The Balaban J connectivity index is 1.73. The number of hydrogen-bond donors (Lipinski definition) is 1. The van der Waals surface area contributed by atoms with Crippen LogP contribution in [0.25, 0.3) is 0 Å². The SMILES string of the molecule is CC(C)CC(CC(C)C)N1CCC(NCC2CC2)CC1. The highest BCUT2D eigenvalue weighted by atomic mass is 15.2. The van der Waals surface area contributed by atoms with E-state index in [-0.39, 0.29) is 0 Å². The zero-order valence-electron chi connectivity index (χ0n) is 14.2. The highest BCUT2D eigenvalue weighted by Gasteiger charge is 2.27. The quantitative estimate of drug-likeness (QED) is 0.725. The highest BCUT2D eigenvalue weighted by Crippen LogP contribution is 2.28. The van der Waals surface area contributed by atoms with E-state index in [0.29, 0.717) is 0 Å². The van der Waals surface area contributed by atoms with Crippen molar-refractivity contribution >= 4 is 0 Å². The van der Waals surface area contributed by atoms with Crippen LogP contribution in [0.3, 0.4) is 0 Å². The predicted molar refractivity (Wildman–Crippen MR) is 88.0 cm³/mol. The molecule has 20 heavy (non-hydrogen) atoms. The number of likely N-dealkylation sites (tertiary alicyclic amines) is 1. The molecule has 118 valence electrons. The average molecular weight is 280 g/mol. The Kier molecular flexibility index (Phi) is 6.35. The molecule has 0 unspecified atom stereocenters. The molecular weight excluding hydrogens is 244 g/mol. The maximum atomic E-state index is 3.80. The van der Waals surface area contributed by atoms with Gasteiger partial charge in [-0.25, -0.2) is 0 Å². The standard InChI is InChI=1S/C18H36N2/c1-14(2)11-18(12-15(3)4)20-9-7-17(8-10-20)19-13-16-5-6-16/h14-19H,5-13H2,1-4H3. The monoisotopic (exact) mass is 280 g/mol. The first kappa shape index (κ1) is 16.3. The van der Waals surface area contributed by atoms with E-state index in [9.17, 15) is 0 Å². The molecule has 0 radical (unpaired) electrons. The van der Waals surface area contributed by atoms with E-state index in [2.05, 4.69) is 37.9 Å². The van der Waals surface area contributed by atoms with Crippen molar-refractivity contribution in [3.05, 3.63) is 0 Å². The molecule has 0 atom stereocenters. The van der Waals surface area contributed by atoms with Gasteiger partial charge >= 0.3 is 0 Å². The van der Waals surface area contributed by atoms with Crippen molar-refractivity contribution in [2.75, 3.05) is 19.6 Å². The van der Waals surface area contributed by atoms with Gasteiger partial charge in [0, 0.05) is 12.1 Å². The molecule has 1 N–H and O–H groups in total. The summed E-state index contributed by atoms with van der Waals surface area (Å²) >= 11 is 0. The van der Waals surface area contributed by atoms with E-state index < -0.39 is 0 Å². The zero-order chi connectivity index (χ0) is 14.5. The minimum atomic E-state index is 0.797. The number of nitrogens with one attached hydrogen (secondary N) is 1. The smallest absolute Gasteiger partial charge is 0.0100 e. The lowest BCUT2D eigenvalue weighted by atomic mass is 9.92. The molecule has 2 nitrogen and oxygen atoms in total. The van der Waals surface area contributed by atoms with E-state index in [4.69, 9.17) is 0 Å². The second-order valence-corrected chi connectivity index (χ2v) is 8.07. The third kappa shape index (κ3) is 5.73. The van der Waals surface area contributed by atoms with Gasteiger partial charge in [0.15, 0.2) is 0 Å². The molecule has 0 aromatic carbocycles. The van der Waals surface area contributed by atoms with Gasteiger partial charge in [-0.1, -0.05) is 27.7 Å². The zero-order valence-corrected chi connectivity index (χ0v) is 14.2. The fourth-order valence-electron chi connectivity index (χ4n) is 3.61. The van der Waals surface area contributed by atoms with Crippen molar-refractivity contribution in [2.24, 2.45) is 17.8 Å². The second-order valence-electron chi connectivity index (χ2n) is 8.07. The third-order valence-corrected chi connectivity index (χ3v) is 4.93. The molecule has 1 aliphatic heterocycles. The Hall–Kier alpha value is -0.0800. The highest BCUT2D eigenvalue weighted by molar-refractivity contribution is 4.84. The van der Waals surface area contributed by atoms with Gasteiger partial charge in [0.05, 0.1) is 0 Å². The van der Waals surface area contributed by atoms with E-state index in [1.54, 1.807) is 0 Å². The maximum Gasteiger partial charge on any atom is 0.0100 e. The number of piperidine rings is 1. The molecule has 2 fully saturated rings. The fraction of sp³-hybridized carbons (Fsp3) is 1.00. The summed E-state index contributed by atoms with van der Waals surface area (Å²) in [5, 5.41) is 3.80. The number of hydrogen-bond acceptors (Lipinski definition) is 2. The molecule has 0 amide bonds. The summed E-state index contributed by atoms with van der Waals surface area (Å²) in [5.74, 6) is 2.66. The predicted octanol–water partition coefficient (Wildman–Crippen LogP) is 3.91. The Morgan fingerprint density at radius 3 is 1.90 bits per heavy atom. The Morgan fingerprint density at radius 2 is 1.45 bits per heavy atom. The van der Waals surface area contributed by atoms with Crippen LogP contribution in [0.1, 0.15) is 66.2 Å². The molecule has 1 aliphatic carbocycles. The lowest BCUT2D eigenvalue weighted by Crippen LogP contribution is -2.47. The van der Waals surface area contributed by atoms with Gasteiger partial charge in [0.25, 0.3) is 0 Å². The summed E-state index contributed by atoms with van der Waals surface area (Å²) < 4.78 is 0. The van der Waals surface area contributed by atoms with Gasteiger partial charge < -0.3 is 10.2 Å². The summed E-state index contributed by atoms with van der Waals surface area (Å²) in [7, 11) is 0. The average Bonchev–Trinajstić information content (AvgIpc) is 3.19. The normalized spacial score (nSPS) is 22.4. The minimum absolute atomic E-state index is 0.797. The van der Waals surface area contributed by atoms with E-state index in [1.807, 2.05) is 0 Å². The molecular formula is C18H36N2. The van der Waals surface area contributed by atoms with Crippen LogP contribution in [0.5, 0.6) is 0 Å². The van der Waals surface area contributed by atoms with Gasteiger partial charge in [-0.3, -0.25) is 0 Å². The molecule has 0 spiro atoms. The first-order valence-electron chi connectivity index (χ1n) is 9.02. The third-order valence-electron chi connectivity index (χ3n) is 4.93. The van der Waals surface area contributed by atoms with Crippen LogP contribution >= 0.6 is 0 Å². The summed E-state index contributed by atoms with van der Waals surface area (Å²) in [6, 6.07) is 1.62. The van der Waals surface area contributed by atoms with Crippen molar-refractivity contribution in [1.82, 2.24) is 10.2 Å². The molecule has 1 saturated heterocycles. The van der Waals surface area contributed by atoms with Crippen molar-refractivity contribution < 1.29 is 0 Å². The summed E-state index contributed by atoms with van der Waals surface area (Å²) in [6.07, 6.45) is 8.41. The van der Waals surface area contributed by atoms with E-state index in [0.717, 1.165) is 29.8 Å². The lowest BCUT2D eigenvalue weighted by Gasteiger charge is -2.39. The largest absolute Gasteiger partial charge is 0.314 e. The van der Waals surface area contributed by atoms with Crippen molar-refractivity contribution in [3.8, 4) is 0 Å². The first-order valence-corrected chi connectivity index (χ1v) is 9.02. The Morgan fingerprint density at radius 1 is 0.900 bits per heavy atom. The molecule has 1 saturated carbocycles. The van der Waals surface area contributed by atoms with Crippen LogP contribution in [0.4, 0.5) is 0 Å². The number of rotatable bonds is 8. The topological polar surface area (TPSA) is 15.3 Å². The van der Waals surface area contributed by atoms with Crippen LogP contribution in [-0.2, 0) is 0 Å². The summed E-state index contributed by atoms with van der Waals surface area (Å²) in [4.78, 5) is 2.79. The van der Waals surface area contributed by atoms with Crippen LogP contribution < -0.4 is 5.32 Å². The molecule has 0 aromatic heterocycles. The molecule has 2 heteroatoms. The molecule has 0 aromatic rings. The van der Waals surface area contributed by atoms with Gasteiger partial charge in [-0.2, -0.15) is 0 Å². The molecule has 0 bridgehead atoms. The first-order chi connectivity index (χ1) is 9.54. The van der Waals surface area contributed by atoms with Gasteiger partial charge in [-0.15, -0.1) is 0 Å². The second kappa shape index (κ2) is 7.79. The van der Waals surface area contributed by atoms with Gasteiger partial charge in [0.1, 0.15) is 0 Å². The van der Waals surface area contributed by atoms with Crippen molar-refractivity contribution in [1.29, 1.82) is 0 Å². The number of nitrogens with zero attached hydrogens (tertiary/aromatic N) is 1. The molecule has 1 heterocycles. The summed E-state index contributed by atoms with van der Waals surface area (Å²) in [6.45, 7) is 13.4. The summed E-state index contributed by atoms with van der Waals surface area (Å²) in [5.41, 5.74) is 0. The van der Waals surface area contributed by atoms with Crippen LogP contribution in [0.15, 0.2) is 0 Å². The lowest BCUT2D eigenvalue weighted by molar-refractivity contribution is 0.112. The van der Waals surface area contributed by atoms with Crippen LogP contribution in [0.2, 0.25) is 0 Å². The van der Waals surface area contributed by atoms with Crippen LogP contribution in [-0.4, -0.2) is 36.6 Å². The minimum Gasteiger partial charge on any atom is -0.314 e. The van der Waals surface area contributed by atoms with Crippen molar-refractivity contribution in [3.63, 3.8) is 0 Å². The van der Waals surface area contributed by atoms with E-state index in [1.165, 1.54) is 58.2 Å². The Bertz CT molecular complexity index is 253. The molecule has 2 rings (SSSR count).